The van der Waals surface area contributed by atoms with Crippen LogP contribution in [0.3, 0.4) is 0 Å². The van der Waals surface area contributed by atoms with E-state index in [1.807, 2.05) is 6.92 Å². The summed E-state index contributed by atoms with van der Waals surface area (Å²) < 4.78 is 13.5. The summed E-state index contributed by atoms with van der Waals surface area (Å²) in [6, 6.07) is 3.04. The summed E-state index contributed by atoms with van der Waals surface area (Å²) in [7, 11) is 0. The third-order valence-electron chi connectivity index (χ3n) is 2.61. The molecule has 0 saturated heterocycles. The molecule has 0 radical (unpaired) electrons. The van der Waals surface area contributed by atoms with Gasteiger partial charge in [-0.1, -0.05) is 6.07 Å². The smallest absolute Gasteiger partial charge is 0.249 e. The minimum atomic E-state index is -0.776. The van der Waals surface area contributed by atoms with E-state index in [2.05, 4.69) is 10.6 Å². The molecule has 0 bridgehead atoms. The number of benzene rings is 1. The summed E-state index contributed by atoms with van der Waals surface area (Å²) in [5.41, 5.74) is 0.989. The number of carbonyl (C=O) groups is 1. The van der Waals surface area contributed by atoms with Crippen molar-refractivity contribution < 1.29 is 9.18 Å². The van der Waals surface area contributed by atoms with Crippen molar-refractivity contribution in [3.05, 3.63) is 23.5 Å². The van der Waals surface area contributed by atoms with E-state index in [1.165, 1.54) is 6.07 Å². The number of aryl methyl sites for hydroxylation is 1. The van der Waals surface area contributed by atoms with Crippen LogP contribution in [0.25, 0.3) is 0 Å². The number of nitrogens with one attached hydrogen (secondary N) is 2. The second-order valence-electron chi connectivity index (χ2n) is 4.32. The zero-order valence-corrected chi connectivity index (χ0v) is 8.94. The Balaban J connectivity index is 2.59. The Kier molecular flexibility index (Phi) is 1.96. The third-order valence-corrected chi connectivity index (χ3v) is 2.61. The Morgan fingerprint density at radius 1 is 1.27 bits per heavy atom. The fraction of sp³-hybridized carbons (Fsp3) is 0.364. The topological polar surface area (TPSA) is 41.1 Å². The second kappa shape index (κ2) is 2.95. The minimum Gasteiger partial charge on any atom is -0.368 e. The molecular formula is C11H13FN2O. The SMILES string of the molecule is Cc1ccc(F)c2c1NC(=O)C(C)(C)N2. The van der Waals surface area contributed by atoms with Crippen molar-refractivity contribution in [2.75, 3.05) is 10.6 Å². The van der Waals surface area contributed by atoms with Gasteiger partial charge in [-0.05, 0) is 32.4 Å². The van der Waals surface area contributed by atoms with Crippen molar-refractivity contribution in [1.29, 1.82) is 0 Å². The Hall–Kier alpha value is -1.58. The number of hydrogen-bond donors (Lipinski definition) is 2. The Morgan fingerprint density at radius 2 is 1.93 bits per heavy atom. The number of anilines is 2. The van der Waals surface area contributed by atoms with Crippen molar-refractivity contribution in [2.24, 2.45) is 0 Å². The van der Waals surface area contributed by atoms with E-state index in [0.717, 1.165) is 5.56 Å². The van der Waals surface area contributed by atoms with E-state index in [0.29, 0.717) is 11.4 Å². The number of fused-ring (bicyclic) bond motifs is 1. The molecule has 0 saturated carbocycles. The standard InChI is InChI=1S/C11H13FN2O/c1-6-4-5-7(12)9-8(6)13-10(15)11(2,3)14-9/h4-5,14H,1-3H3,(H,13,15). The van der Waals surface area contributed by atoms with E-state index in [-0.39, 0.29) is 11.7 Å². The van der Waals surface area contributed by atoms with Gasteiger partial charge in [0.1, 0.15) is 11.4 Å². The Labute approximate surface area is 87.7 Å². The van der Waals surface area contributed by atoms with E-state index >= 15 is 0 Å². The maximum atomic E-state index is 13.5. The molecule has 1 aliphatic heterocycles. The lowest BCUT2D eigenvalue weighted by Crippen LogP contribution is -2.48. The van der Waals surface area contributed by atoms with Gasteiger partial charge < -0.3 is 10.6 Å². The summed E-state index contributed by atoms with van der Waals surface area (Å²) in [4.78, 5) is 11.6. The lowest BCUT2D eigenvalue weighted by atomic mass is 9.98. The second-order valence-corrected chi connectivity index (χ2v) is 4.32. The van der Waals surface area contributed by atoms with Gasteiger partial charge in [-0.2, -0.15) is 0 Å². The average molecular weight is 208 g/mol. The molecule has 0 fully saturated rings. The highest BCUT2D eigenvalue weighted by Gasteiger charge is 2.34. The van der Waals surface area contributed by atoms with Crippen LogP contribution in [-0.2, 0) is 4.79 Å². The van der Waals surface area contributed by atoms with Gasteiger partial charge in [0.15, 0.2) is 0 Å². The van der Waals surface area contributed by atoms with Crippen LogP contribution in [0.1, 0.15) is 19.4 Å². The molecule has 80 valence electrons. The third kappa shape index (κ3) is 1.46. The van der Waals surface area contributed by atoms with Gasteiger partial charge >= 0.3 is 0 Å². The predicted molar refractivity (Wildman–Crippen MR) is 57.5 cm³/mol. The number of carbonyl (C=O) groups excluding carboxylic acids is 1. The maximum absolute atomic E-state index is 13.5. The first-order chi connectivity index (χ1) is 6.92. The molecule has 1 heterocycles. The molecule has 1 aromatic carbocycles. The van der Waals surface area contributed by atoms with Gasteiger partial charge in [-0.3, -0.25) is 4.79 Å². The predicted octanol–water partition coefficient (Wildman–Crippen LogP) is 2.28. The van der Waals surface area contributed by atoms with Crippen LogP contribution >= 0.6 is 0 Å². The summed E-state index contributed by atoms with van der Waals surface area (Å²) in [5, 5.41) is 5.63. The molecule has 15 heavy (non-hydrogen) atoms. The van der Waals surface area contributed by atoms with E-state index in [4.69, 9.17) is 0 Å². The quantitative estimate of drug-likeness (QED) is 0.686. The molecule has 3 nitrogen and oxygen atoms in total. The van der Waals surface area contributed by atoms with Gasteiger partial charge in [0, 0.05) is 0 Å². The van der Waals surface area contributed by atoms with E-state index < -0.39 is 5.54 Å². The summed E-state index contributed by atoms with van der Waals surface area (Å²) in [5.74, 6) is -0.493. The fourth-order valence-electron chi connectivity index (χ4n) is 1.60. The van der Waals surface area contributed by atoms with Crippen molar-refractivity contribution in [1.82, 2.24) is 0 Å². The minimum absolute atomic E-state index is 0.149. The van der Waals surface area contributed by atoms with E-state index in [9.17, 15) is 9.18 Å². The molecule has 0 aliphatic carbocycles. The number of amides is 1. The maximum Gasteiger partial charge on any atom is 0.249 e. The molecule has 1 amide bonds. The number of halogens is 1. The van der Waals surface area contributed by atoms with Gasteiger partial charge in [0.25, 0.3) is 0 Å². The average Bonchev–Trinajstić information content (AvgIpc) is 2.15. The number of rotatable bonds is 0. The molecule has 0 atom stereocenters. The zero-order chi connectivity index (χ0) is 11.2. The summed E-state index contributed by atoms with van der Waals surface area (Å²) in [6.45, 7) is 5.26. The van der Waals surface area contributed by atoms with Crippen LogP contribution in [0.5, 0.6) is 0 Å². The zero-order valence-electron chi connectivity index (χ0n) is 8.94. The summed E-state index contributed by atoms with van der Waals surface area (Å²) in [6.07, 6.45) is 0. The first-order valence-corrected chi connectivity index (χ1v) is 4.80. The van der Waals surface area contributed by atoms with Crippen LogP contribution in [-0.4, -0.2) is 11.4 Å². The first kappa shape index (κ1) is 9.96. The lowest BCUT2D eigenvalue weighted by molar-refractivity contribution is -0.119. The molecule has 1 aliphatic rings. The van der Waals surface area contributed by atoms with Gasteiger partial charge in [0.2, 0.25) is 5.91 Å². The van der Waals surface area contributed by atoms with Crippen molar-refractivity contribution in [2.45, 2.75) is 26.3 Å². The monoisotopic (exact) mass is 208 g/mol. The molecule has 2 N–H and O–H groups in total. The van der Waals surface area contributed by atoms with Gasteiger partial charge in [-0.25, -0.2) is 4.39 Å². The summed E-state index contributed by atoms with van der Waals surface area (Å²) >= 11 is 0. The molecule has 0 aromatic heterocycles. The van der Waals surface area contributed by atoms with Crippen molar-refractivity contribution in [3.63, 3.8) is 0 Å². The largest absolute Gasteiger partial charge is 0.368 e. The number of hydrogen-bond acceptors (Lipinski definition) is 2. The fourth-order valence-corrected chi connectivity index (χ4v) is 1.60. The van der Waals surface area contributed by atoms with Gasteiger partial charge in [-0.15, -0.1) is 0 Å². The van der Waals surface area contributed by atoms with Crippen molar-refractivity contribution >= 4 is 17.3 Å². The van der Waals surface area contributed by atoms with Crippen molar-refractivity contribution in [3.8, 4) is 0 Å². The Bertz CT molecular complexity index is 440. The van der Waals surface area contributed by atoms with Crippen LogP contribution in [0, 0.1) is 12.7 Å². The molecule has 4 heteroatoms. The molecule has 0 spiro atoms. The molecule has 1 aromatic rings. The van der Waals surface area contributed by atoms with Gasteiger partial charge in [0.05, 0.1) is 11.4 Å². The van der Waals surface area contributed by atoms with Crippen LogP contribution < -0.4 is 10.6 Å². The molecule has 2 rings (SSSR count). The highest BCUT2D eigenvalue weighted by atomic mass is 19.1. The lowest BCUT2D eigenvalue weighted by Gasteiger charge is -2.33. The first-order valence-electron chi connectivity index (χ1n) is 4.80. The highest BCUT2D eigenvalue weighted by Crippen LogP contribution is 2.35. The van der Waals surface area contributed by atoms with Crippen LogP contribution in [0.15, 0.2) is 12.1 Å². The van der Waals surface area contributed by atoms with E-state index in [1.54, 1.807) is 19.9 Å². The Morgan fingerprint density at radius 3 is 2.60 bits per heavy atom. The van der Waals surface area contributed by atoms with Crippen LogP contribution in [0.4, 0.5) is 15.8 Å². The highest BCUT2D eigenvalue weighted by molar-refractivity contribution is 6.06. The van der Waals surface area contributed by atoms with Crippen LogP contribution in [0.2, 0.25) is 0 Å². The normalized spacial score (nSPS) is 17.7. The molecule has 0 unspecified atom stereocenters. The molecular weight excluding hydrogens is 195 g/mol.